The van der Waals surface area contributed by atoms with Crippen molar-refractivity contribution in [2.75, 3.05) is 6.61 Å². The summed E-state index contributed by atoms with van der Waals surface area (Å²) >= 11 is 0. The number of aromatic nitrogens is 2. The van der Waals surface area contributed by atoms with Gasteiger partial charge in [-0.2, -0.15) is 0 Å². The minimum absolute atomic E-state index is 0.211. The Bertz CT molecular complexity index is 209. The van der Waals surface area contributed by atoms with Crippen LogP contribution in [0, 0.1) is 0 Å². The Morgan fingerprint density at radius 1 is 1.64 bits per heavy atom. The zero-order valence-electron chi connectivity index (χ0n) is 6.40. The molecule has 0 atom stereocenters. The van der Waals surface area contributed by atoms with E-state index in [1.54, 1.807) is 6.20 Å². The van der Waals surface area contributed by atoms with Crippen molar-refractivity contribution < 1.29 is 5.11 Å². The van der Waals surface area contributed by atoms with Gasteiger partial charge in [-0.25, -0.2) is 4.98 Å². The summed E-state index contributed by atoms with van der Waals surface area (Å²) in [5.74, 6) is 0.874. The van der Waals surface area contributed by atoms with Crippen molar-refractivity contribution in [3.05, 3.63) is 18.2 Å². The van der Waals surface area contributed by atoms with Crippen LogP contribution in [0.25, 0.3) is 0 Å². The maximum Gasteiger partial charge on any atom is 0.122 e. The SMILES string of the molecule is NCc1nccn1CCCO. The summed E-state index contributed by atoms with van der Waals surface area (Å²) < 4.78 is 1.95. The van der Waals surface area contributed by atoms with E-state index in [4.69, 9.17) is 10.8 Å². The molecule has 0 saturated carbocycles. The zero-order chi connectivity index (χ0) is 8.10. The van der Waals surface area contributed by atoms with Crippen LogP contribution in [0.15, 0.2) is 12.4 Å². The highest BCUT2D eigenvalue weighted by molar-refractivity contribution is 4.90. The van der Waals surface area contributed by atoms with E-state index in [9.17, 15) is 0 Å². The molecule has 11 heavy (non-hydrogen) atoms. The number of aliphatic hydroxyl groups is 1. The highest BCUT2D eigenvalue weighted by Gasteiger charge is 1.97. The van der Waals surface area contributed by atoms with E-state index in [0.717, 1.165) is 18.8 Å². The van der Waals surface area contributed by atoms with Gasteiger partial charge in [0.15, 0.2) is 0 Å². The first-order chi connectivity index (χ1) is 5.38. The van der Waals surface area contributed by atoms with Crippen LogP contribution >= 0.6 is 0 Å². The standard InChI is InChI=1S/C7H13N3O/c8-6-7-9-2-4-10(7)3-1-5-11/h2,4,11H,1,3,5-6,8H2. The average Bonchev–Trinajstić information content (AvgIpc) is 2.47. The molecule has 0 aliphatic heterocycles. The first kappa shape index (κ1) is 8.23. The van der Waals surface area contributed by atoms with E-state index in [1.165, 1.54) is 0 Å². The molecule has 4 nitrogen and oxygen atoms in total. The lowest BCUT2D eigenvalue weighted by molar-refractivity contribution is 0.279. The van der Waals surface area contributed by atoms with Crippen molar-refractivity contribution in [3.8, 4) is 0 Å². The van der Waals surface area contributed by atoms with Gasteiger partial charge in [-0.15, -0.1) is 0 Å². The van der Waals surface area contributed by atoms with Crippen LogP contribution in [-0.4, -0.2) is 21.3 Å². The quantitative estimate of drug-likeness (QED) is 0.628. The van der Waals surface area contributed by atoms with Crippen LogP contribution in [-0.2, 0) is 13.1 Å². The first-order valence-corrected chi connectivity index (χ1v) is 3.69. The Labute approximate surface area is 65.7 Å². The molecule has 62 valence electrons. The number of rotatable bonds is 4. The summed E-state index contributed by atoms with van der Waals surface area (Å²) in [6.07, 6.45) is 4.35. The van der Waals surface area contributed by atoms with Crippen molar-refractivity contribution in [2.45, 2.75) is 19.5 Å². The fraction of sp³-hybridized carbons (Fsp3) is 0.571. The van der Waals surface area contributed by atoms with E-state index in [-0.39, 0.29) is 6.61 Å². The minimum atomic E-state index is 0.211. The highest BCUT2D eigenvalue weighted by atomic mass is 16.3. The highest BCUT2D eigenvalue weighted by Crippen LogP contribution is 1.97. The number of hydrogen-bond acceptors (Lipinski definition) is 3. The molecular weight excluding hydrogens is 142 g/mol. The van der Waals surface area contributed by atoms with Gasteiger partial charge in [-0.05, 0) is 6.42 Å². The van der Waals surface area contributed by atoms with Crippen LogP contribution in [0.1, 0.15) is 12.2 Å². The number of imidazole rings is 1. The second-order valence-corrected chi connectivity index (χ2v) is 2.32. The van der Waals surface area contributed by atoms with Gasteiger partial charge in [-0.3, -0.25) is 0 Å². The monoisotopic (exact) mass is 155 g/mol. The van der Waals surface area contributed by atoms with Crippen molar-refractivity contribution in [2.24, 2.45) is 5.73 Å². The molecule has 0 radical (unpaired) electrons. The number of nitrogens with two attached hydrogens (primary N) is 1. The van der Waals surface area contributed by atoms with Gasteiger partial charge in [0.1, 0.15) is 5.82 Å². The molecular formula is C7H13N3O. The molecule has 1 rings (SSSR count). The Morgan fingerprint density at radius 2 is 2.45 bits per heavy atom. The summed E-state index contributed by atoms with van der Waals surface area (Å²) in [6.45, 7) is 1.46. The predicted octanol–water partition coefficient (Wildman–Crippen LogP) is -0.276. The van der Waals surface area contributed by atoms with Crippen LogP contribution in [0.3, 0.4) is 0 Å². The molecule has 0 amide bonds. The maximum absolute atomic E-state index is 8.56. The molecule has 0 spiro atoms. The molecule has 1 aromatic rings. The van der Waals surface area contributed by atoms with Crippen LogP contribution in [0.5, 0.6) is 0 Å². The molecule has 0 bridgehead atoms. The van der Waals surface area contributed by atoms with E-state index in [1.807, 2.05) is 10.8 Å². The molecule has 0 aliphatic rings. The van der Waals surface area contributed by atoms with Crippen LogP contribution in [0.2, 0.25) is 0 Å². The molecule has 0 fully saturated rings. The molecule has 3 N–H and O–H groups in total. The lowest BCUT2D eigenvalue weighted by atomic mass is 10.4. The number of aryl methyl sites for hydroxylation is 1. The smallest absolute Gasteiger partial charge is 0.122 e. The summed E-state index contributed by atoms with van der Waals surface area (Å²) in [7, 11) is 0. The fourth-order valence-electron chi connectivity index (χ4n) is 0.975. The zero-order valence-corrected chi connectivity index (χ0v) is 6.40. The number of hydrogen-bond donors (Lipinski definition) is 2. The van der Waals surface area contributed by atoms with E-state index in [2.05, 4.69) is 4.98 Å². The van der Waals surface area contributed by atoms with Gasteiger partial charge in [0.25, 0.3) is 0 Å². The van der Waals surface area contributed by atoms with Gasteiger partial charge < -0.3 is 15.4 Å². The average molecular weight is 155 g/mol. The maximum atomic E-state index is 8.56. The number of aliphatic hydroxyl groups excluding tert-OH is 1. The van der Waals surface area contributed by atoms with Crippen LogP contribution < -0.4 is 5.73 Å². The summed E-state index contributed by atoms with van der Waals surface area (Å²) in [4.78, 5) is 4.04. The second kappa shape index (κ2) is 4.10. The summed E-state index contributed by atoms with van der Waals surface area (Å²) in [5, 5.41) is 8.56. The van der Waals surface area contributed by atoms with E-state index in [0.29, 0.717) is 6.54 Å². The third-order valence-corrected chi connectivity index (χ3v) is 1.54. The van der Waals surface area contributed by atoms with Gasteiger partial charge in [-0.1, -0.05) is 0 Å². The molecule has 0 aromatic carbocycles. The van der Waals surface area contributed by atoms with Crippen LogP contribution in [0.4, 0.5) is 0 Å². The van der Waals surface area contributed by atoms with Crippen molar-refractivity contribution in [3.63, 3.8) is 0 Å². The van der Waals surface area contributed by atoms with E-state index >= 15 is 0 Å². The van der Waals surface area contributed by atoms with Crippen molar-refractivity contribution in [1.29, 1.82) is 0 Å². The molecule has 0 aliphatic carbocycles. The topological polar surface area (TPSA) is 64.1 Å². The molecule has 4 heteroatoms. The number of nitrogens with zero attached hydrogens (tertiary/aromatic N) is 2. The lowest BCUT2D eigenvalue weighted by Gasteiger charge is -2.03. The van der Waals surface area contributed by atoms with Crippen molar-refractivity contribution in [1.82, 2.24) is 9.55 Å². The Kier molecular flexibility index (Phi) is 3.07. The molecule has 1 aromatic heterocycles. The van der Waals surface area contributed by atoms with Crippen molar-refractivity contribution >= 4 is 0 Å². The Morgan fingerprint density at radius 3 is 3.09 bits per heavy atom. The fourth-order valence-corrected chi connectivity index (χ4v) is 0.975. The lowest BCUT2D eigenvalue weighted by Crippen LogP contribution is -2.08. The summed E-state index contributed by atoms with van der Waals surface area (Å²) in [6, 6.07) is 0. The molecule has 0 unspecified atom stereocenters. The third-order valence-electron chi connectivity index (χ3n) is 1.54. The predicted molar refractivity (Wildman–Crippen MR) is 41.8 cm³/mol. The minimum Gasteiger partial charge on any atom is -0.396 e. The van der Waals surface area contributed by atoms with Gasteiger partial charge in [0.2, 0.25) is 0 Å². The van der Waals surface area contributed by atoms with E-state index < -0.39 is 0 Å². The van der Waals surface area contributed by atoms with Gasteiger partial charge >= 0.3 is 0 Å². The first-order valence-electron chi connectivity index (χ1n) is 3.69. The molecule has 1 heterocycles. The second-order valence-electron chi connectivity index (χ2n) is 2.32. The molecule has 0 saturated heterocycles. The normalized spacial score (nSPS) is 10.4. The van der Waals surface area contributed by atoms with Gasteiger partial charge in [0.05, 0.1) is 6.54 Å². The largest absolute Gasteiger partial charge is 0.396 e. The third kappa shape index (κ3) is 2.03. The summed E-state index contributed by atoms with van der Waals surface area (Å²) in [5.41, 5.74) is 5.42. The Balaban J connectivity index is 2.54. The van der Waals surface area contributed by atoms with Gasteiger partial charge in [0, 0.05) is 25.5 Å². The Hall–Kier alpha value is -0.870.